The smallest absolute Gasteiger partial charge is 0.134 e. The monoisotopic (exact) mass is 314 g/mol. The molecule has 1 heterocycles. The van der Waals surface area contributed by atoms with E-state index in [1.165, 1.54) is 32.1 Å². The summed E-state index contributed by atoms with van der Waals surface area (Å²) in [5, 5.41) is 11.8. The second-order valence-electron chi connectivity index (χ2n) is 7.89. The molecule has 2 heteroatoms. The summed E-state index contributed by atoms with van der Waals surface area (Å²) in [4.78, 5) is 0. The fourth-order valence-electron chi connectivity index (χ4n) is 4.13. The molecule has 0 radical (unpaired) electrons. The van der Waals surface area contributed by atoms with Gasteiger partial charge >= 0.3 is 0 Å². The van der Waals surface area contributed by atoms with E-state index < -0.39 is 0 Å². The number of hydrogen-bond donors (Lipinski definition) is 1. The van der Waals surface area contributed by atoms with Crippen molar-refractivity contribution in [2.24, 2.45) is 11.3 Å². The van der Waals surface area contributed by atoms with Crippen molar-refractivity contribution in [3.63, 3.8) is 0 Å². The molecule has 0 spiro atoms. The maximum absolute atomic E-state index is 10.7. The van der Waals surface area contributed by atoms with E-state index in [1.807, 2.05) is 18.2 Å². The Hall–Kier alpha value is -1.28. The molecule has 2 unspecified atom stereocenters. The van der Waals surface area contributed by atoms with Gasteiger partial charge in [-0.1, -0.05) is 64.7 Å². The Labute approximate surface area is 139 Å². The molecule has 126 valence electrons. The number of aliphatic hydroxyl groups excluding tert-OH is 1. The van der Waals surface area contributed by atoms with Crippen molar-refractivity contribution < 1.29 is 9.52 Å². The summed E-state index contributed by atoms with van der Waals surface area (Å²) in [5.41, 5.74) is 2.21. The molecule has 1 aromatic carbocycles. The zero-order valence-corrected chi connectivity index (χ0v) is 14.8. The molecule has 23 heavy (non-hydrogen) atoms. The minimum atomic E-state index is -0.387. The summed E-state index contributed by atoms with van der Waals surface area (Å²) in [5.74, 6) is 1.50. The Morgan fingerprint density at radius 2 is 1.96 bits per heavy atom. The third-order valence-corrected chi connectivity index (χ3v) is 5.76. The van der Waals surface area contributed by atoms with E-state index in [1.54, 1.807) is 0 Å². The molecule has 0 bridgehead atoms. The lowest BCUT2D eigenvalue weighted by molar-refractivity contribution is 0.0700. The van der Waals surface area contributed by atoms with Gasteiger partial charge in [-0.2, -0.15) is 0 Å². The normalized spacial score (nSPS) is 21.6. The number of aliphatic hydroxyl groups is 1. The summed E-state index contributed by atoms with van der Waals surface area (Å²) >= 11 is 0. The number of fused-ring (bicyclic) bond motifs is 3. The predicted molar refractivity (Wildman–Crippen MR) is 95.5 cm³/mol. The van der Waals surface area contributed by atoms with E-state index in [0.717, 1.165) is 35.1 Å². The third kappa shape index (κ3) is 3.33. The van der Waals surface area contributed by atoms with Gasteiger partial charge in [-0.3, -0.25) is 0 Å². The Kier molecular flexibility index (Phi) is 4.82. The van der Waals surface area contributed by atoms with E-state index in [9.17, 15) is 5.11 Å². The SMILES string of the molecule is CCCCCCC(C)(C)C1Cc2oc3ccccc3c2C(O)C1. The highest BCUT2D eigenvalue weighted by Crippen LogP contribution is 2.47. The van der Waals surface area contributed by atoms with Gasteiger partial charge in [0.25, 0.3) is 0 Å². The van der Waals surface area contributed by atoms with Gasteiger partial charge in [0.05, 0.1) is 6.10 Å². The van der Waals surface area contributed by atoms with Crippen LogP contribution in [0.3, 0.4) is 0 Å². The second-order valence-corrected chi connectivity index (χ2v) is 7.89. The molecule has 0 saturated heterocycles. The van der Waals surface area contributed by atoms with Crippen LogP contribution in [0.5, 0.6) is 0 Å². The average molecular weight is 314 g/mol. The van der Waals surface area contributed by atoms with Crippen LogP contribution < -0.4 is 0 Å². The highest BCUT2D eigenvalue weighted by Gasteiger charge is 2.38. The van der Waals surface area contributed by atoms with Crippen molar-refractivity contribution in [2.75, 3.05) is 0 Å². The number of para-hydroxylation sites is 1. The maximum Gasteiger partial charge on any atom is 0.134 e. The highest BCUT2D eigenvalue weighted by atomic mass is 16.3. The Balaban J connectivity index is 1.77. The van der Waals surface area contributed by atoms with E-state index in [-0.39, 0.29) is 11.5 Å². The van der Waals surface area contributed by atoms with Crippen LogP contribution in [0, 0.1) is 11.3 Å². The van der Waals surface area contributed by atoms with Gasteiger partial charge in [-0.15, -0.1) is 0 Å². The molecule has 1 aromatic heterocycles. The molecule has 0 saturated carbocycles. The molecule has 1 aliphatic rings. The number of hydrogen-bond acceptors (Lipinski definition) is 2. The summed E-state index contributed by atoms with van der Waals surface area (Å²) in [6, 6.07) is 8.09. The predicted octanol–water partition coefficient (Wildman–Crippen LogP) is 6.03. The molecular formula is C21H30O2. The molecule has 2 nitrogen and oxygen atoms in total. The first-order chi connectivity index (χ1) is 11.0. The Morgan fingerprint density at radius 3 is 2.74 bits per heavy atom. The average Bonchev–Trinajstić information content (AvgIpc) is 2.90. The van der Waals surface area contributed by atoms with Gasteiger partial charge < -0.3 is 9.52 Å². The molecule has 3 rings (SSSR count). The van der Waals surface area contributed by atoms with Gasteiger partial charge in [-0.05, 0) is 30.2 Å². The topological polar surface area (TPSA) is 33.4 Å². The standard InChI is InChI=1S/C21H30O2/c1-4-5-6-9-12-21(2,3)15-13-17(22)20-16-10-7-8-11-18(16)23-19(20)14-15/h7-8,10-11,15,17,22H,4-6,9,12-14H2,1-3H3. The molecule has 0 aliphatic heterocycles. The Bertz CT molecular complexity index is 653. The van der Waals surface area contributed by atoms with E-state index in [0.29, 0.717) is 5.92 Å². The molecule has 0 fully saturated rings. The van der Waals surface area contributed by atoms with Crippen LogP contribution in [0.2, 0.25) is 0 Å². The second kappa shape index (κ2) is 6.68. The van der Waals surface area contributed by atoms with Crippen molar-refractivity contribution in [3.05, 3.63) is 35.6 Å². The molecule has 1 aliphatic carbocycles. The Morgan fingerprint density at radius 1 is 1.17 bits per heavy atom. The lowest BCUT2D eigenvalue weighted by Gasteiger charge is -2.38. The van der Waals surface area contributed by atoms with Crippen LogP contribution in [-0.4, -0.2) is 5.11 Å². The molecular weight excluding hydrogens is 284 g/mol. The molecule has 2 aromatic rings. The largest absolute Gasteiger partial charge is 0.461 e. The number of benzene rings is 1. The van der Waals surface area contributed by atoms with Crippen molar-refractivity contribution in [2.45, 2.75) is 71.8 Å². The number of rotatable bonds is 6. The van der Waals surface area contributed by atoms with Gasteiger partial charge in [0.1, 0.15) is 11.3 Å². The van der Waals surface area contributed by atoms with Gasteiger partial charge in [0.2, 0.25) is 0 Å². The molecule has 0 amide bonds. The molecule has 2 atom stereocenters. The zero-order valence-electron chi connectivity index (χ0n) is 14.8. The van der Waals surface area contributed by atoms with Crippen LogP contribution >= 0.6 is 0 Å². The van der Waals surface area contributed by atoms with Crippen LogP contribution in [0.15, 0.2) is 28.7 Å². The minimum Gasteiger partial charge on any atom is -0.461 e. The minimum absolute atomic E-state index is 0.255. The van der Waals surface area contributed by atoms with Crippen molar-refractivity contribution >= 4 is 11.0 Å². The van der Waals surface area contributed by atoms with Crippen LogP contribution in [0.1, 0.15) is 76.7 Å². The quantitative estimate of drug-likeness (QED) is 0.661. The van der Waals surface area contributed by atoms with Crippen LogP contribution in [-0.2, 0) is 6.42 Å². The molecule has 1 N–H and O–H groups in total. The first-order valence-electron chi connectivity index (χ1n) is 9.21. The van der Waals surface area contributed by atoms with Gasteiger partial charge in [0.15, 0.2) is 0 Å². The first-order valence-corrected chi connectivity index (χ1v) is 9.21. The van der Waals surface area contributed by atoms with Gasteiger partial charge in [0, 0.05) is 17.4 Å². The fourth-order valence-corrected chi connectivity index (χ4v) is 4.13. The van der Waals surface area contributed by atoms with Crippen LogP contribution in [0.25, 0.3) is 11.0 Å². The maximum atomic E-state index is 10.7. The van der Waals surface area contributed by atoms with E-state index in [4.69, 9.17) is 4.42 Å². The number of unbranched alkanes of at least 4 members (excludes halogenated alkanes) is 3. The lowest BCUT2D eigenvalue weighted by atomic mass is 9.68. The van der Waals surface area contributed by atoms with Crippen LogP contribution in [0.4, 0.5) is 0 Å². The summed E-state index contributed by atoms with van der Waals surface area (Å²) in [6.07, 6.45) is 7.90. The summed E-state index contributed by atoms with van der Waals surface area (Å²) in [6.45, 7) is 6.99. The zero-order chi connectivity index (χ0) is 16.4. The lowest BCUT2D eigenvalue weighted by Crippen LogP contribution is -2.31. The summed E-state index contributed by atoms with van der Waals surface area (Å²) < 4.78 is 6.07. The van der Waals surface area contributed by atoms with E-state index >= 15 is 0 Å². The van der Waals surface area contributed by atoms with Crippen molar-refractivity contribution in [1.29, 1.82) is 0 Å². The first kappa shape index (κ1) is 16.6. The highest BCUT2D eigenvalue weighted by molar-refractivity contribution is 5.82. The van der Waals surface area contributed by atoms with Gasteiger partial charge in [-0.25, -0.2) is 0 Å². The van der Waals surface area contributed by atoms with E-state index in [2.05, 4.69) is 26.8 Å². The third-order valence-electron chi connectivity index (χ3n) is 5.76. The number of furan rings is 1. The van der Waals surface area contributed by atoms with Crippen molar-refractivity contribution in [1.82, 2.24) is 0 Å². The fraction of sp³-hybridized carbons (Fsp3) is 0.619. The summed E-state index contributed by atoms with van der Waals surface area (Å²) in [7, 11) is 0. The van der Waals surface area contributed by atoms with Crippen molar-refractivity contribution in [3.8, 4) is 0 Å².